The summed E-state index contributed by atoms with van der Waals surface area (Å²) >= 11 is 5.61. The Morgan fingerprint density at radius 2 is 2.00 bits per heavy atom. The van der Waals surface area contributed by atoms with Crippen LogP contribution in [0.1, 0.15) is 0 Å². The zero-order chi connectivity index (χ0) is 18.6. The molecule has 0 saturated carbocycles. The molecule has 0 atom stereocenters. The van der Waals surface area contributed by atoms with Crippen LogP contribution in [0.4, 0.5) is 10.1 Å². The maximum absolute atomic E-state index is 13.0. The van der Waals surface area contributed by atoms with Crippen LogP contribution in [-0.4, -0.2) is 28.0 Å². The fourth-order valence-electron chi connectivity index (χ4n) is 1.89. The van der Waals surface area contributed by atoms with Gasteiger partial charge in [-0.2, -0.15) is 0 Å². The lowest BCUT2D eigenvalue weighted by molar-refractivity contribution is -0.118. The zero-order valence-corrected chi connectivity index (χ0v) is 14.5. The Kier molecular flexibility index (Phi) is 5.83. The molecule has 0 spiro atoms. The largest absolute Gasteiger partial charge is 0.495 e. The summed E-state index contributed by atoms with van der Waals surface area (Å²) in [4.78, 5) is 11.6. The van der Waals surface area contributed by atoms with Crippen molar-refractivity contribution in [2.45, 2.75) is 4.90 Å². The lowest BCUT2D eigenvalue weighted by atomic mass is 10.3. The minimum Gasteiger partial charge on any atom is -0.495 e. The van der Waals surface area contributed by atoms with Crippen molar-refractivity contribution in [1.82, 2.24) is 0 Å². The van der Waals surface area contributed by atoms with Gasteiger partial charge in [0.2, 0.25) is 10.0 Å². The van der Waals surface area contributed by atoms with Crippen LogP contribution in [0.3, 0.4) is 0 Å². The first-order valence-corrected chi connectivity index (χ1v) is 8.71. The molecule has 0 aromatic heterocycles. The molecule has 0 fully saturated rings. The van der Waals surface area contributed by atoms with Crippen LogP contribution in [0, 0.1) is 5.82 Å². The molecule has 0 radical (unpaired) electrons. The number of rotatable bonds is 6. The molecule has 134 valence electrons. The number of nitrogens with one attached hydrogen (secondary N) is 1. The molecule has 0 heterocycles. The van der Waals surface area contributed by atoms with E-state index in [4.69, 9.17) is 26.2 Å². The molecule has 0 aliphatic carbocycles. The van der Waals surface area contributed by atoms with E-state index >= 15 is 0 Å². The van der Waals surface area contributed by atoms with Crippen LogP contribution in [-0.2, 0) is 14.8 Å². The Balaban J connectivity index is 2.06. The molecule has 0 aliphatic rings. The molecule has 7 nitrogen and oxygen atoms in total. The smallest absolute Gasteiger partial charge is 0.262 e. The van der Waals surface area contributed by atoms with Gasteiger partial charge in [0.15, 0.2) is 6.61 Å². The lowest BCUT2D eigenvalue weighted by Gasteiger charge is -2.11. The lowest BCUT2D eigenvalue weighted by Crippen LogP contribution is -2.21. The van der Waals surface area contributed by atoms with E-state index < -0.39 is 28.4 Å². The van der Waals surface area contributed by atoms with Crippen molar-refractivity contribution >= 4 is 33.2 Å². The standard InChI is InChI=1S/C15H14ClFN2O5S/c1-23-13-5-2-9(6-14(13)25(18,21)22)19-15(20)8-24-10-3-4-12(17)11(16)7-10/h2-7H,8H2,1H3,(H,19,20)(H2,18,21,22). The number of sulfonamides is 1. The average molecular weight is 389 g/mol. The van der Waals surface area contributed by atoms with Crippen LogP contribution in [0.15, 0.2) is 41.3 Å². The number of amides is 1. The second-order valence-electron chi connectivity index (χ2n) is 4.82. The number of halogens is 2. The van der Waals surface area contributed by atoms with E-state index in [2.05, 4.69) is 5.32 Å². The van der Waals surface area contributed by atoms with Gasteiger partial charge in [-0.05, 0) is 30.3 Å². The summed E-state index contributed by atoms with van der Waals surface area (Å²) < 4.78 is 46.2. The summed E-state index contributed by atoms with van der Waals surface area (Å²) in [5.41, 5.74) is 0.190. The van der Waals surface area contributed by atoms with Gasteiger partial charge in [0.1, 0.15) is 22.2 Å². The van der Waals surface area contributed by atoms with E-state index in [-0.39, 0.29) is 27.1 Å². The molecule has 10 heteroatoms. The Hall–Kier alpha value is -2.36. The minimum absolute atomic E-state index is 0.0534. The minimum atomic E-state index is -4.03. The number of methoxy groups -OCH3 is 1. The van der Waals surface area contributed by atoms with Gasteiger partial charge in [-0.1, -0.05) is 11.6 Å². The van der Waals surface area contributed by atoms with E-state index in [9.17, 15) is 17.6 Å². The van der Waals surface area contributed by atoms with Crippen LogP contribution in [0.25, 0.3) is 0 Å². The van der Waals surface area contributed by atoms with Crippen LogP contribution < -0.4 is 19.9 Å². The Labute approximate surface area is 148 Å². The molecule has 1 amide bonds. The topological polar surface area (TPSA) is 108 Å². The number of ether oxygens (including phenoxy) is 2. The number of anilines is 1. The van der Waals surface area contributed by atoms with Gasteiger partial charge in [0.25, 0.3) is 5.91 Å². The van der Waals surface area contributed by atoms with Crippen molar-refractivity contribution in [3.05, 3.63) is 47.2 Å². The van der Waals surface area contributed by atoms with E-state index in [1.54, 1.807) is 0 Å². The highest BCUT2D eigenvalue weighted by Gasteiger charge is 2.16. The molecule has 3 N–H and O–H groups in total. The number of carbonyl (C=O) groups excluding carboxylic acids is 1. The first kappa shape index (κ1) is 19.0. The van der Waals surface area contributed by atoms with Crippen molar-refractivity contribution < 1.29 is 27.1 Å². The summed E-state index contributed by atoms with van der Waals surface area (Å²) in [5.74, 6) is -0.905. The van der Waals surface area contributed by atoms with Crippen LogP contribution >= 0.6 is 11.6 Å². The molecule has 0 bridgehead atoms. The molecule has 0 unspecified atom stereocenters. The molecule has 25 heavy (non-hydrogen) atoms. The van der Waals surface area contributed by atoms with Gasteiger partial charge >= 0.3 is 0 Å². The van der Waals surface area contributed by atoms with Gasteiger partial charge in [-0.3, -0.25) is 4.79 Å². The van der Waals surface area contributed by atoms with Crippen molar-refractivity contribution in [2.75, 3.05) is 19.0 Å². The van der Waals surface area contributed by atoms with Gasteiger partial charge in [-0.25, -0.2) is 17.9 Å². The summed E-state index contributed by atoms with van der Waals surface area (Å²) in [6, 6.07) is 7.63. The number of hydrogen-bond acceptors (Lipinski definition) is 5. The third-order valence-electron chi connectivity index (χ3n) is 3.01. The molecule has 2 aromatic rings. The highest BCUT2D eigenvalue weighted by molar-refractivity contribution is 7.89. The molecular weight excluding hydrogens is 375 g/mol. The van der Waals surface area contributed by atoms with Gasteiger partial charge in [-0.15, -0.1) is 0 Å². The maximum atomic E-state index is 13.0. The van der Waals surface area contributed by atoms with Gasteiger partial charge in [0.05, 0.1) is 12.1 Å². The summed E-state index contributed by atoms with van der Waals surface area (Å²) in [6.07, 6.45) is 0. The third-order valence-corrected chi connectivity index (χ3v) is 4.24. The van der Waals surface area contributed by atoms with Gasteiger partial charge in [0, 0.05) is 11.8 Å². The van der Waals surface area contributed by atoms with Crippen LogP contribution in [0.2, 0.25) is 5.02 Å². The number of benzene rings is 2. The number of hydrogen-bond donors (Lipinski definition) is 2. The quantitative estimate of drug-likeness (QED) is 0.788. The second-order valence-corrected chi connectivity index (χ2v) is 6.76. The predicted octanol–water partition coefficient (Wildman–Crippen LogP) is 2.15. The van der Waals surface area contributed by atoms with E-state index in [0.717, 1.165) is 6.07 Å². The number of carbonyl (C=O) groups is 1. The normalized spacial score (nSPS) is 11.0. The monoisotopic (exact) mass is 388 g/mol. The molecular formula is C15H14ClFN2O5S. The highest BCUT2D eigenvalue weighted by atomic mass is 35.5. The fourth-order valence-corrected chi connectivity index (χ4v) is 2.78. The summed E-state index contributed by atoms with van der Waals surface area (Å²) in [5, 5.41) is 7.43. The van der Waals surface area contributed by atoms with Crippen LogP contribution in [0.5, 0.6) is 11.5 Å². The average Bonchev–Trinajstić information content (AvgIpc) is 2.55. The molecule has 0 saturated heterocycles. The third kappa shape index (κ3) is 5.05. The second kappa shape index (κ2) is 7.68. The van der Waals surface area contributed by atoms with Crippen molar-refractivity contribution in [3.8, 4) is 11.5 Å². The number of primary sulfonamides is 1. The Morgan fingerprint density at radius 3 is 2.60 bits per heavy atom. The van der Waals surface area contributed by atoms with Crippen molar-refractivity contribution in [2.24, 2.45) is 5.14 Å². The van der Waals surface area contributed by atoms with Gasteiger partial charge < -0.3 is 14.8 Å². The molecule has 2 rings (SSSR count). The fraction of sp³-hybridized carbons (Fsp3) is 0.133. The van der Waals surface area contributed by atoms with Crippen molar-refractivity contribution in [3.63, 3.8) is 0 Å². The SMILES string of the molecule is COc1ccc(NC(=O)COc2ccc(F)c(Cl)c2)cc1S(N)(=O)=O. The summed E-state index contributed by atoms with van der Waals surface area (Å²) in [7, 11) is -2.73. The maximum Gasteiger partial charge on any atom is 0.262 e. The first-order valence-electron chi connectivity index (χ1n) is 6.79. The first-order chi connectivity index (χ1) is 11.7. The number of nitrogens with two attached hydrogens (primary N) is 1. The molecule has 2 aromatic carbocycles. The van der Waals surface area contributed by atoms with E-state index in [1.807, 2.05) is 0 Å². The predicted molar refractivity (Wildman–Crippen MR) is 89.9 cm³/mol. The summed E-state index contributed by atoms with van der Waals surface area (Å²) in [6.45, 7) is -0.390. The molecule has 0 aliphatic heterocycles. The van der Waals surface area contributed by atoms with E-state index in [0.29, 0.717) is 0 Å². The highest BCUT2D eigenvalue weighted by Crippen LogP contribution is 2.26. The Morgan fingerprint density at radius 1 is 1.28 bits per heavy atom. The van der Waals surface area contributed by atoms with E-state index in [1.165, 1.54) is 37.4 Å². The zero-order valence-electron chi connectivity index (χ0n) is 13.0. The Bertz CT molecular complexity index is 905. The van der Waals surface area contributed by atoms with Crippen molar-refractivity contribution in [1.29, 1.82) is 0 Å².